The molecule has 1 heterocycles. The lowest BCUT2D eigenvalue weighted by Gasteiger charge is -2.25. The number of carbonyl (C=O) groups is 1. The number of hydrogen-bond donors (Lipinski definition) is 1. The first-order valence-electron chi connectivity index (χ1n) is 4.33. The predicted octanol–water partition coefficient (Wildman–Crippen LogP) is 0.990. The molecule has 1 atom stereocenters. The minimum atomic E-state index is -0.254. The van der Waals surface area contributed by atoms with Gasteiger partial charge in [-0.25, -0.2) is 4.79 Å². The molecular weight excluding hydrogens is 166 g/mol. The molecule has 2 amide bonds. The van der Waals surface area contributed by atoms with Gasteiger partial charge in [0.2, 0.25) is 0 Å². The zero-order valence-corrected chi connectivity index (χ0v) is 8.03. The van der Waals surface area contributed by atoms with Crippen LogP contribution in [0.4, 0.5) is 4.79 Å². The molecule has 0 bridgehead atoms. The van der Waals surface area contributed by atoms with Gasteiger partial charge >= 0.3 is 6.03 Å². The predicted molar refractivity (Wildman–Crippen MR) is 52.5 cm³/mol. The van der Waals surface area contributed by atoms with Gasteiger partial charge in [0.05, 0.1) is 6.04 Å². The van der Waals surface area contributed by atoms with Crippen LogP contribution < -0.4 is 5.73 Å². The Balaban J connectivity index is 2.83. The third-order valence-electron chi connectivity index (χ3n) is 2.07. The van der Waals surface area contributed by atoms with E-state index in [1.165, 1.54) is 0 Å². The fourth-order valence-corrected chi connectivity index (χ4v) is 1.55. The van der Waals surface area contributed by atoms with Crippen LogP contribution in [0.5, 0.6) is 0 Å². The van der Waals surface area contributed by atoms with E-state index in [4.69, 9.17) is 5.73 Å². The van der Waals surface area contributed by atoms with Gasteiger partial charge in [0, 0.05) is 6.54 Å². The van der Waals surface area contributed by atoms with Gasteiger partial charge in [0.25, 0.3) is 0 Å². The third-order valence-corrected chi connectivity index (χ3v) is 2.07. The summed E-state index contributed by atoms with van der Waals surface area (Å²) in [7, 11) is 0. The van der Waals surface area contributed by atoms with Gasteiger partial charge in [-0.05, 0) is 5.92 Å². The van der Waals surface area contributed by atoms with Crippen LogP contribution in [0.15, 0.2) is 17.6 Å². The highest BCUT2D eigenvalue weighted by atomic mass is 16.2. The molecule has 1 unspecified atom stereocenters. The average molecular weight is 181 g/mol. The van der Waals surface area contributed by atoms with Crippen molar-refractivity contribution in [3.8, 4) is 0 Å². The number of amidine groups is 1. The van der Waals surface area contributed by atoms with Crippen LogP contribution in [0.1, 0.15) is 13.8 Å². The first-order valence-corrected chi connectivity index (χ1v) is 4.33. The number of rotatable bonds is 3. The molecule has 2 N–H and O–H groups in total. The Morgan fingerprint density at radius 1 is 1.77 bits per heavy atom. The van der Waals surface area contributed by atoms with Crippen LogP contribution in [0, 0.1) is 5.92 Å². The van der Waals surface area contributed by atoms with Crippen LogP contribution >= 0.6 is 0 Å². The van der Waals surface area contributed by atoms with Gasteiger partial charge in [-0.3, -0.25) is 0 Å². The second kappa shape index (κ2) is 3.60. The van der Waals surface area contributed by atoms with Gasteiger partial charge in [-0.1, -0.05) is 19.9 Å². The highest BCUT2D eigenvalue weighted by Crippen LogP contribution is 2.17. The molecule has 0 fully saturated rings. The Labute approximate surface area is 78.1 Å². The number of carbonyl (C=O) groups excluding carboxylic acids is 1. The van der Waals surface area contributed by atoms with Crippen LogP contribution in [0.25, 0.3) is 0 Å². The molecule has 4 heteroatoms. The topological polar surface area (TPSA) is 58.7 Å². The van der Waals surface area contributed by atoms with E-state index >= 15 is 0 Å². The van der Waals surface area contributed by atoms with Crippen LogP contribution in [0.3, 0.4) is 0 Å². The molecule has 4 nitrogen and oxygen atoms in total. The Morgan fingerprint density at radius 2 is 2.38 bits per heavy atom. The number of hydrogen-bond acceptors (Lipinski definition) is 2. The first-order chi connectivity index (χ1) is 6.07. The Bertz CT molecular complexity index is 258. The van der Waals surface area contributed by atoms with Crippen molar-refractivity contribution in [2.24, 2.45) is 16.6 Å². The van der Waals surface area contributed by atoms with Crippen molar-refractivity contribution in [3.05, 3.63) is 12.7 Å². The summed E-state index contributed by atoms with van der Waals surface area (Å²) in [5, 5.41) is 0. The number of nitrogens with two attached hydrogens (primary N) is 1. The molecule has 72 valence electrons. The summed E-state index contributed by atoms with van der Waals surface area (Å²) in [6, 6.07) is -0.318. The molecule has 1 aliphatic rings. The quantitative estimate of drug-likeness (QED) is 0.660. The number of urea groups is 1. The molecule has 13 heavy (non-hydrogen) atoms. The first kappa shape index (κ1) is 9.77. The lowest BCUT2D eigenvalue weighted by Crippen LogP contribution is -2.43. The summed E-state index contributed by atoms with van der Waals surface area (Å²) >= 11 is 0. The fraction of sp³-hybridized carbons (Fsp3) is 0.556. The van der Waals surface area contributed by atoms with Crippen molar-refractivity contribution in [2.75, 3.05) is 6.54 Å². The van der Waals surface area contributed by atoms with E-state index < -0.39 is 0 Å². The van der Waals surface area contributed by atoms with Gasteiger partial charge in [-0.2, -0.15) is 4.99 Å². The van der Waals surface area contributed by atoms with Crippen molar-refractivity contribution in [1.29, 1.82) is 0 Å². The maximum absolute atomic E-state index is 11.3. The zero-order chi connectivity index (χ0) is 10.0. The van der Waals surface area contributed by atoms with Crippen molar-refractivity contribution in [1.82, 2.24) is 4.90 Å². The summed E-state index contributed by atoms with van der Waals surface area (Å²) < 4.78 is 0. The molecule has 0 spiro atoms. The van der Waals surface area contributed by atoms with E-state index in [1.54, 1.807) is 11.0 Å². The Hall–Kier alpha value is -1.32. The highest BCUT2D eigenvalue weighted by molar-refractivity contribution is 6.02. The van der Waals surface area contributed by atoms with Crippen LogP contribution in [-0.4, -0.2) is 29.4 Å². The zero-order valence-electron chi connectivity index (χ0n) is 8.03. The van der Waals surface area contributed by atoms with E-state index in [2.05, 4.69) is 11.6 Å². The molecule has 1 rings (SSSR count). The summed E-state index contributed by atoms with van der Waals surface area (Å²) in [5.41, 5.74) is 5.64. The second-order valence-electron chi connectivity index (χ2n) is 3.45. The molecule has 0 radical (unpaired) electrons. The summed E-state index contributed by atoms with van der Waals surface area (Å²) in [6.45, 7) is 8.13. The number of aliphatic imine (C=N–C) groups is 1. The maximum Gasteiger partial charge on any atom is 0.346 e. The molecule has 0 aromatic heterocycles. The van der Waals surface area contributed by atoms with E-state index in [9.17, 15) is 4.79 Å². The number of nitrogens with zero attached hydrogens (tertiary/aromatic N) is 2. The molecule has 0 saturated heterocycles. The van der Waals surface area contributed by atoms with Gasteiger partial charge in [0.15, 0.2) is 0 Å². The minimum Gasteiger partial charge on any atom is -0.385 e. The summed E-state index contributed by atoms with van der Waals surface area (Å²) in [5.74, 6) is 0.706. The fourth-order valence-electron chi connectivity index (χ4n) is 1.55. The molecular formula is C9H15N3O. The lowest BCUT2D eigenvalue weighted by molar-refractivity contribution is 0.202. The van der Waals surface area contributed by atoms with E-state index in [0.717, 1.165) is 0 Å². The molecule has 0 aromatic rings. The van der Waals surface area contributed by atoms with E-state index in [1.807, 2.05) is 13.8 Å². The maximum atomic E-state index is 11.3. The average Bonchev–Trinajstić information content (AvgIpc) is 2.27. The lowest BCUT2D eigenvalue weighted by atomic mass is 10.0. The normalized spacial score (nSPS) is 22.4. The Morgan fingerprint density at radius 3 is 2.85 bits per heavy atom. The van der Waals surface area contributed by atoms with Crippen molar-refractivity contribution in [3.63, 3.8) is 0 Å². The third kappa shape index (κ3) is 1.71. The minimum absolute atomic E-state index is 0.0644. The van der Waals surface area contributed by atoms with Crippen molar-refractivity contribution < 1.29 is 4.79 Å². The number of amides is 2. The van der Waals surface area contributed by atoms with Crippen LogP contribution in [-0.2, 0) is 0 Å². The largest absolute Gasteiger partial charge is 0.385 e. The van der Waals surface area contributed by atoms with E-state index in [-0.39, 0.29) is 18.0 Å². The second-order valence-corrected chi connectivity index (χ2v) is 3.45. The summed E-state index contributed by atoms with van der Waals surface area (Å²) in [6.07, 6.45) is 1.68. The van der Waals surface area contributed by atoms with Gasteiger partial charge in [0.1, 0.15) is 5.84 Å². The molecule has 0 aromatic carbocycles. The van der Waals surface area contributed by atoms with E-state index in [0.29, 0.717) is 12.4 Å². The standard InChI is InChI=1S/C9H15N3O/c1-4-5-12-7(6(2)3)8(10)11-9(12)13/h4,6-7H,1,5H2,2-3H3,(H2,10,11,13). The molecule has 1 aliphatic heterocycles. The highest BCUT2D eigenvalue weighted by Gasteiger charge is 2.34. The van der Waals surface area contributed by atoms with Gasteiger partial charge < -0.3 is 10.6 Å². The van der Waals surface area contributed by atoms with Crippen molar-refractivity contribution >= 4 is 11.9 Å². The summed E-state index contributed by atoms with van der Waals surface area (Å²) in [4.78, 5) is 16.7. The smallest absolute Gasteiger partial charge is 0.346 e. The van der Waals surface area contributed by atoms with Crippen LogP contribution in [0.2, 0.25) is 0 Å². The monoisotopic (exact) mass is 181 g/mol. The molecule has 0 aliphatic carbocycles. The van der Waals surface area contributed by atoms with Crippen molar-refractivity contribution in [2.45, 2.75) is 19.9 Å². The Kier molecular flexibility index (Phi) is 2.70. The van der Waals surface area contributed by atoms with Gasteiger partial charge in [-0.15, -0.1) is 6.58 Å². The SMILES string of the molecule is C=CCN1C(=O)N=C(N)C1C(C)C. The molecule has 0 saturated carbocycles.